The molecule has 0 bridgehead atoms. The zero-order valence-electron chi connectivity index (χ0n) is 13.1. The molecular formula is C15H23N3O3S. The Bertz CT molecular complexity index is 509. The number of rotatable bonds is 8. The van der Waals surface area contributed by atoms with Crippen molar-refractivity contribution in [3.8, 4) is 11.5 Å². The summed E-state index contributed by atoms with van der Waals surface area (Å²) in [7, 11) is 1.63. The minimum absolute atomic E-state index is 0.0867. The van der Waals surface area contributed by atoms with Gasteiger partial charge in [0.1, 0.15) is 11.5 Å². The number of hydrazone groups is 1. The van der Waals surface area contributed by atoms with Gasteiger partial charge < -0.3 is 19.9 Å². The van der Waals surface area contributed by atoms with E-state index in [9.17, 15) is 5.11 Å². The summed E-state index contributed by atoms with van der Waals surface area (Å²) in [6, 6.07) is 5.17. The fourth-order valence-electron chi connectivity index (χ4n) is 1.65. The van der Waals surface area contributed by atoms with E-state index >= 15 is 0 Å². The third kappa shape index (κ3) is 6.73. The highest BCUT2D eigenvalue weighted by Gasteiger charge is 2.03. The van der Waals surface area contributed by atoms with Crippen molar-refractivity contribution in [3.63, 3.8) is 0 Å². The Morgan fingerprint density at radius 2 is 2.27 bits per heavy atom. The van der Waals surface area contributed by atoms with E-state index in [1.807, 2.05) is 13.8 Å². The van der Waals surface area contributed by atoms with Crippen molar-refractivity contribution in [3.05, 3.63) is 23.8 Å². The van der Waals surface area contributed by atoms with Crippen molar-refractivity contribution in [2.45, 2.75) is 26.3 Å². The number of nitrogens with zero attached hydrogens (tertiary/aromatic N) is 1. The van der Waals surface area contributed by atoms with Gasteiger partial charge in [-0.05, 0) is 37.7 Å². The van der Waals surface area contributed by atoms with Gasteiger partial charge in [-0.25, -0.2) is 0 Å². The van der Waals surface area contributed by atoms with Gasteiger partial charge in [-0.3, -0.25) is 5.43 Å². The van der Waals surface area contributed by atoms with Crippen molar-refractivity contribution in [1.82, 2.24) is 10.7 Å². The molecule has 122 valence electrons. The monoisotopic (exact) mass is 325 g/mol. The second kappa shape index (κ2) is 9.97. The molecule has 6 nitrogen and oxygen atoms in total. The summed E-state index contributed by atoms with van der Waals surface area (Å²) in [4.78, 5) is 0. The first-order valence-corrected chi connectivity index (χ1v) is 7.52. The van der Waals surface area contributed by atoms with Gasteiger partial charge in [0.05, 0.1) is 19.4 Å². The number of hydrogen-bond donors (Lipinski definition) is 3. The van der Waals surface area contributed by atoms with Crippen LogP contribution in [0.3, 0.4) is 0 Å². The predicted octanol–water partition coefficient (Wildman–Crippen LogP) is 2.01. The zero-order valence-corrected chi connectivity index (χ0v) is 13.9. The van der Waals surface area contributed by atoms with Crippen molar-refractivity contribution in [2.24, 2.45) is 5.10 Å². The molecule has 1 rings (SSSR count). The number of phenolic OH excluding ortho intramolecular Hbond substituents is 1. The van der Waals surface area contributed by atoms with Crippen molar-refractivity contribution < 1.29 is 14.6 Å². The number of thiocarbonyl (C=S) groups is 1. The molecule has 0 aliphatic heterocycles. The summed E-state index contributed by atoms with van der Waals surface area (Å²) in [5.74, 6) is 0.737. The van der Waals surface area contributed by atoms with E-state index < -0.39 is 0 Å². The second-order valence-electron chi connectivity index (χ2n) is 4.77. The fourth-order valence-corrected chi connectivity index (χ4v) is 1.90. The average Bonchev–Trinajstić information content (AvgIpc) is 2.47. The molecule has 0 saturated carbocycles. The van der Waals surface area contributed by atoms with Crippen molar-refractivity contribution in [2.75, 3.05) is 20.3 Å². The molecule has 1 aromatic rings. The molecule has 3 N–H and O–H groups in total. The van der Waals surface area contributed by atoms with Crippen LogP contribution in [0.25, 0.3) is 0 Å². The topological polar surface area (TPSA) is 75.1 Å². The number of ether oxygens (including phenoxy) is 2. The van der Waals surface area contributed by atoms with Gasteiger partial charge in [0.25, 0.3) is 0 Å². The van der Waals surface area contributed by atoms with Crippen LogP contribution in [-0.2, 0) is 4.74 Å². The van der Waals surface area contributed by atoms with Crippen LogP contribution in [0.15, 0.2) is 23.3 Å². The van der Waals surface area contributed by atoms with Gasteiger partial charge >= 0.3 is 0 Å². The van der Waals surface area contributed by atoms with Crippen LogP contribution in [0.2, 0.25) is 0 Å². The zero-order chi connectivity index (χ0) is 16.4. The highest BCUT2D eigenvalue weighted by molar-refractivity contribution is 7.80. The number of phenols is 1. The van der Waals surface area contributed by atoms with Crippen molar-refractivity contribution >= 4 is 23.5 Å². The van der Waals surface area contributed by atoms with Crippen LogP contribution in [-0.4, -0.2) is 42.8 Å². The third-order valence-electron chi connectivity index (χ3n) is 2.64. The van der Waals surface area contributed by atoms with Crippen LogP contribution in [0.1, 0.15) is 25.8 Å². The van der Waals surface area contributed by atoms with Gasteiger partial charge in [0, 0.05) is 24.8 Å². The Balaban J connectivity index is 2.50. The van der Waals surface area contributed by atoms with E-state index in [0.717, 1.165) is 6.42 Å². The summed E-state index contributed by atoms with van der Waals surface area (Å²) in [5.41, 5.74) is 3.26. The van der Waals surface area contributed by atoms with E-state index in [2.05, 4.69) is 15.8 Å². The fraction of sp³-hybridized carbons (Fsp3) is 0.467. The first-order chi connectivity index (χ1) is 10.6. The highest BCUT2D eigenvalue weighted by atomic mass is 32.1. The van der Waals surface area contributed by atoms with Gasteiger partial charge in [-0.2, -0.15) is 5.10 Å². The van der Waals surface area contributed by atoms with E-state index in [1.54, 1.807) is 25.3 Å². The third-order valence-corrected chi connectivity index (χ3v) is 2.85. The molecule has 0 spiro atoms. The lowest BCUT2D eigenvalue weighted by Gasteiger charge is -2.13. The molecule has 0 radical (unpaired) electrons. The SMILES string of the molecule is CCCOc1ccc(/C=N/NC(=S)N[C@H](C)COC)c(O)c1. The van der Waals surface area contributed by atoms with Crippen LogP contribution < -0.4 is 15.5 Å². The van der Waals surface area contributed by atoms with E-state index in [-0.39, 0.29) is 11.8 Å². The maximum atomic E-state index is 9.91. The molecule has 0 amide bonds. The number of nitrogens with one attached hydrogen (secondary N) is 2. The standard InChI is InChI=1S/C15H23N3O3S/c1-4-7-21-13-6-5-12(14(19)8-13)9-16-18-15(22)17-11(2)10-20-3/h5-6,8-9,11,19H,4,7,10H2,1-3H3,(H2,17,18,22)/b16-9+/t11-/m1/s1. The Morgan fingerprint density at radius 1 is 1.50 bits per heavy atom. The quantitative estimate of drug-likeness (QED) is 0.386. The lowest BCUT2D eigenvalue weighted by atomic mass is 10.2. The number of benzene rings is 1. The maximum Gasteiger partial charge on any atom is 0.187 e. The molecule has 0 aromatic heterocycles. The van der Waals surface area contributed by atoms with Crippen molar-refractivity contribution in [1.29, 1.82) is 0 Å². The first kappa shape index (κ1) is 18.2. The predicted molar refractivity (Wildman–Crippen MR) is 91.7 cm³/mol. The largest absolute Gasteiger partial charge is 0.507 e. The smallest absolute Gasteiger partial charge is 0.187 e. The number of aromatic hydroxyl groups is 1. The van der Waals surface area contributed by atoms with E-state index in [1.165, 1.54) is 6.21 Å². The summed E-state index contributed by atoms with van der Waals surface area (Å²) in [6.07, 6.45) is 2.41. The molecule has 0 unspecified atom stereocenters. The van der Waals surface area contributed by atoms with Gasteiger partial charge in [0.2, 0.25) is 0 Å². The van der Waals surface area contributed by atoms with E-state index in [4.69, 9.17) is 21.7 Å². The van der Waals surface area contributed by atoms with Crippen LogP contribution in [0.4, 0.5) is 0 Å². The molecule has 0 fully saturated rings. The average molecular weight is 325 g/mol. The van der Waals surface area contributed by atoms with Gasteiger partial charge in [0.15, 0.2) is 5.11 Å². The minimum Gasteiger partial charge on any atom is -0.507 e. The Hall–Kier alpha value is -1.86. The first-order valence-electron chi connectivity index (χ1n) is 7.11. The minimum atomic E-state index is 0.0867. The molecule has 0 heterocycles. The van der Waals surface area contributed by atoms with Crippen LogP contribution in [0.5, 0.6) is 11.5 Å². The Labute approximate surface area is 136 Å². The molecule has 0 aliphatic carbocycles. The van der Waals surface area contributed by atoms with Crippen LogP contribution in [0, 0.1) is 0 Å². The molecule has 1 aromatic carbocycles. The molecule has 22 heavy (non-hydrogen) atoms. The summed E-state index contributed by atoms with van der Waals surface area (Å²) < 4.78 is 10.4. The van der Waals surface area contributed by atoms with E-state index in [0.29, 0.717) is 29.6 Å². The maximum absolute atomic E-state index is 9.91. The molecule has 0 aliphatic rings. The number of hydrogen-bond acceptors (Lipinski definition) is 5. The molecule has 0 saturated heterocycles. The lowest BCUT2D eigenvalue weighted by Crippen LogP contribution is -2.40. The highest BCUT2D eigenvalue weighted by Crippen LogP contribution is 2.22. The molecule has 1 atom stereocenters. The van der Waals surface area contributed by atoms with Gasteiger partial charge in [-0.1, -0.05) is 6.92 Å². The lowest BCUT2D eigenvalue weighted by molar-refractivity contribution is 0.179. The summed E-state index contributed by atoms with van der Waals surface area (Å²) >= 11 is 5.09. The second-order valence-corrected chi connectivity index (χ2v) is 5.18. The summed E-state index contributed by atoms with van der Waals surface area (Å²) in [6.45, 7) is 5.14. The normalized spacial score (nSPS) is 12.1. The Kier molecular flexibility index (Phi) is 8.24. The van der Waals surface area contributed by atoms with Gasteiger partial charge in [-0.15, -0.1) is 0 Å². The number of methoxy groups -OCH3 is 1. The van der Waals surface area contributed by atoms with Crippen LogP contribution >= 0.6 is 12.2 Å². The molecular weight excluding hydrogens is 302 g/mol. The Morgan fingerprint density at radius 3 is 2.91 bits per heavy atom. The molecule has 7 heteroatoms. The summed E-state index contributed by atoms with van der Waals surface area (Å²) in [5, 5.41) is 17.3.